The van der Waals surface area contributed by atoms with Gasteiger partial charge in [0.25, 0.3) is 5.91 Å². The summed E-state index contributed by atoms with van der Waals surface area (Å²) in [5.41, 5.74) is 3.64. The van der Waals surface area contributed by atoms with Crippen LogP contribution in [0.15, 0.2) is 28.6 Å². The number of carbonyl (C=O) groups is 1. The zero-order chi connectivity index (χ0) is 29.0. The summed E-state index contributed by atoms with van der Waals surface area (Å²) in [6.07, 6.45) is 9.84. The fraction of sp³-hybridized carbons (Fsp3) is 0.562. The van der Waals surface area contributed by atoms with Crippen LogP contribution in [0.3, 0.4) is 0 Å². The first-order chi connectivity index (χ1) is 19.3. The van der Waals surface area contributed by atoms with Gasteiger partial charge in [-0.3, -0.25) is 9.59 Å². The van der Waals surface area contributed by atoms with Gasteiger partial charge in [-0.15, -0.1) is 0 Å². The lowest BCUT2D eigenvalue weighted by molar-refractivity contribution is 0.0946. The third kappa shape index (κ3) is 5.96. The Kier molecular flexibility index (Phi) is 9.69. The molecule has 1 N–H and O–H groups in total. The highest BCUT2D eigenvalue weighted by Crippen LogP contribution is 2.50. The first-order valence-corrected chi connectivity index (χ1v) is 14.8. The first kappa shape index (κ1) is 29.8. The fourth-order valence-electron chi connectivity index (χ4n) is 6.04. The number of rotatable bonds is 9. The van der Waals surface area contributed by atoms with Gasteiger partial charge >= 0.3 is 0 Å². The maximum atomic E-state index is 14.0. The van der Waals surface area contributed by atoms with Crippen molar-refractivity contribution in [3.63, 3.8) is 0 Å². The largest absolute Gasteiger partial charge is 0.491 e. The third-order valence-electron chi connectivity index (χ3n) is 8.14. The van der Waals surface area contributed by atoms with E-state index in [9.17, 15) is 18.4 Å². The SMILES string of the molecule is CCCCCCC.CCN1CC2CC(C)c3c(C(=O)NCc4ccc(F)cc4F)c(=O)c(OC)c(n32)C1=C1CC1. The number of pyridine rings is 1. The van der Waals surface area contributed by atoms with E-state index in [-0.39, 0.29) is 35.4 Å². The molecule has 1 aromatic heterocycles. The van der Waals surface area contributed by atoms with E-state index >= 15 is 0 Å². The molecule has 2 unspecified atom stereocenters. The molecule has 5 rings (SSSR count). The Morgan fingerprint density at radius 3 is 2.38 bits per heavy atom. The molecule has 2 aromatic rings. The Hall–Kier alpha value is -3.16. The molecule has 1 aromatic carbocycles. The highest BCUT2D eigenvalue weighted by Gasteiger charge is 2.43. The maximum absolute atomic E-state index is 14.0. The maximum Gasteiger partial charge on any atom is 0.257 e. The number of likely N-dealkylation sites (N-methyl/N-ethyl adjacent to an activating group) is 1. The number of amides is 1. The van der Waals surface area contributed by atoms with Crippen LogP contribution in [0, 0.1) is 11.6 Å². The predicted octanol–water partition coefficient (Wildman–Crippen LogP) is 6.93. The van der Waals surface area contributed by atoms with Crippen LogP contribution in [-0.4, -0.2) is 35.6 Å². The second-order valence-corrected chi connectivity index (χ2v) is 11.1. The number of halogens is 2. The summed E-state index contributed by atoms with van der Waals surface area (Å²) < 4.78 is 35.0. The Morgan fingerprint density at radius 2 is 1.80 bits per heavy atom. The van der Waals surface area contributed by atoms with E-state index < -0.39 is 23.0 Å². The molecule has 2 aliphatic heterocycles. The lowest BCUT2D eigenvalue weighted by Gasteiger charge is -2.38. The molecule has 8 heteroatoms. The number of carbonyl (C=O) groups excluding carboxylic acids is 1. The second-order valence-electron chi connectivity index (χ2n) is 11.1. The zero-order valence-corrected chi connectivity index (χ0v) is 24.5. The lowest BCUT2D eigenvalue weighted by atomic mass is 9.99. The number of allylic oxidation sites excluding steroid dienone is 1. The van der Waals surface area contributed by atoms with Crippen molar-refractivity contribution in [1.82, 2.24) is 14.8 Å². The molecular weight excluding hydrogens is 512 g/mol. The van der Waals surface area contributed by atoms with Crippen LogP contribution in [0.2, 0.25) is 0 Å². The van der Waals surface area contributed by atoms with Crippen molar-refractivity contribution in [3.8, 4) is 5.75 Å². The average Bonchev–Trinajstić information content (AvgIpc) is 3.72. The minimum Gasteiger partial charge on any atom is -0.491 e. The number of ether oxygens (including phenoxy) is 1. The molecule has 1 aliphatic carbocycles. The molecular formula is C32H43F2N3O3. The standard InChI is InChI=1S/C25H27F2N3O3.C7H16/c1-4-29-12-17-9-13(2)20-19(25(32)28-11-15-7-8-16(26)10-18(15)27)23(31)24(33-3)22(30(17)20)21(29)14-5-6-14;1-3-5-7-6-4-2/h7-8,10,13,17H,4-6,9,11-12H2,1-3H3,(H,28,32);3-7H2,1-2H3. The van der Waals surface area contributed by atoms with E-state index in [4.69, 9.17) is 4.74 Å². The van der Waals surface area contributed by atoms with E-state index in [1.807, 2.05) is 6.92 Å². The van der Waals surface area contributed by atoms with Gasteiger partial charge in [-0.25, -0.2) is 8.78 Å². The van der Waals surface area contributed by atoms with Crippen molar-refractivity contribution in [1.29, 1.82) is 0 Å². The number of benzene rings is 1. The molecule has 3 heterocycles. The molecule has 6 nitrogen and oxygen atoms in total. The summed E-state index contributed by atoms with van der Waals surface area (Å²) in [5.74, 6) is -1.80. The van der Waals surface area contributed by atoms with Gasteiger partial charge in [0.2, 0.25) is 5.43 Å². The zero-order valence-electron chi connectivity index (χ0n) is 24.5. The topological polar surface area (TPSA) is 63.6 Å². The monoisotopic (exact) mass is 555 g/mol. The van der Waals surface area contributed by atoms with Gasteiger partial charge in [0.1, 0.15) is 22.9 Å². The Bertz CT molecular complexity index is 1320. The van der Waals surface area contributed by atoms with Crippen LogP contribution in [0.5, 0.6) is 5.75 Å². The van der Waals surface area contributed by atoms with Crippen molar-refractivity contribution >= 4 is 11.6 Å². The minimum atomic E-state index is -0.742. The molecule has 1 fully saturated rings. The van der Waals surface area contributed by atoms with E-state index in [1.54, 1.807) is 0 Å². The summed E-state index contributed by atoms with van der Waals surface area (Å²) in [6, 6.07) is 3.34. The number of unbranched alkanes of at least 4 members (excludes halogenated alkanes) is 4. The number of nitrogens with one attached hydrogen (secondary N) is 1. The van der Waals surface area contributed by atoms with Gasteiger partial charge in [-0.2, -0.15) is 0 Å². The fourth-order valence-corrected chi connectivity index (χ4v) is 6.04. The predicted molar refractivity (Wildman–Crippen MR) is 155 cm³/mol. The molecule has 0 spiro atoms. The lowest BCUT2D eigenvalue weighted by Crippen LogP contribution is -2.39. The minimum absolute atomic E-state index is 0.0120. The highest BCUT2D eigenvalue weighted by molar-refractivity contribution is 5.96. The summed E-state index contributed by atoms with van der Waals surface area (Å²) in [4.78, 5) is 29.2. The Morgan fingerprint density at radius 1 is 1.10 bits per heavy atom. The van der Waals surface area contributed by atoms with Gasteiger partial charge in [0, 0.05) is 37.0 Å². The van der Waals surface area contributed by atoms with E-state index in [0.29, 0.717) is 5.69 Å². The molecule has 1 saturated carbocycles. The first-order valence-electron chi connectivity index (χ1n) is 14.8. The smallest absolute Gasteiger partial charge is 0.257 e. The van der Waals surface area contributed by atoms with Crippen LogP contribution in [0.1, 0.15) is 118 Å². The van der Waals surface area contributed by atoms with Gasteiger partial charge < -0.3 is 19.5 Å². The summed E-state index contributed by atoms with van der Waals surface area (Å²) >= 11 is 0. The van der Waals surface area contributed by atoms with Crippen LogP contribution in [-0.2, 0) is 6.54 Å². The number of hydrogen-bond acceptors (Lipinski definition) is 4. The Balaban J connectivity index is 0.000000470. The van der Waals surface area contributed by atoms with Gasteiger partial charge in [0.05, 0.1) is 18.8 Å². The summed E-state index contributed by atoms with van der Waals surface area (Å²) in [6.45, 7) is 10.1. The van der Waals surface area contributed by atoms with Crippen molar-refractivity contribution < 1.29 is 18.3 Å². The quantitative estimate of drug-likeness (QED) is 0.341. The van der Waals surface area contributed by atoms with Crippen molar-refractivity contribution in [3.05, 3.63) is 68.1 Å². The number of nitrogens with zero attached hydrogens (tertiary/aromatic N) is 2. The van der Waals surface area contributed by atoms with Crippen molar-refractivity contribution in [2.24, 2.45) is 0 Å². The summed E-state index contributed by atoms with van der Waals surface area (Å²) in [7, 11) is 1.46. The van der Waals surface area contributed by atoms with Crippen LogP contribution >= 0.6 is 0 Å². The van der Waals surface area contributed by atoms with Crippen LogP contribution < -0.4 is 15.5 Å². The molecule has 0 radical (unpaired) electrons. The van der Waals surface area contributed by atoms with Gasteiger partial charge in [-0.05, 0) is 43.7 Å². The molecule has 0 saturated heterocycles. The van der Waals surface area contributed by atoms with E-state index in [0.717, 1.165) is 55.9 Å². The third-order valence-corrected chi connectivity index (χ3v) is 8.14. The molecule has 0 bridgehead atoms. The second kappa shape index (κ2) is 13.0. The number of methoxy groups -OCH3 is 1. The molecule has 40 heavy (non-hydrogen) atoms. The van der Waals surface area contributed by atoms with E-state index in [2.05, 4.69) is 35.6 Å². The number of hydrogen-bond donors (Lipinski definition) is 1. The van der Waals surface area contributed by atoms with Gasteiger partial charge in [-0.1, -0.05) is 58.9 Å². The molecule has 1 amide bonds. The van der Waals surface area contributed by atoms with Crippen LogP contribution in [0.4, 0.5) is 8.78 Å². The van der Waals surface area contributed by atoms with Crippen molar-refractivity contribution in [2.45, 2.75) is 97.6 Å². The highest BCUT2D eigenvalue weighted by atomic mass is 19.1. The average molecular weight is 556 g/mol. The molecule has 218 valence electrons. The summed E-state index contributed by atoms with van der Waals surface area (Å²) in [5, 5.41) is 2.66. The van der Waals surface area contributed by atoms with E-state index in [1.165, 1.54) is 50.9 Å². The van der Waals surface area contributed by atoms with Crippen molar-refractivity contribution in [2.75, 3.05) is 20.2 Å². The molecule has 2 atom stereocenters. The van der Waals surface area contributed by atoms with Crippen LogP contribution in [0.25, 0.3) is 5.70 Å². The molecule has 3 aliphatic rings. The van der Waals surface area contributed by atoms with Gasteiger partial charge in [0.15, 0.2) is 5.75 Å². The normalized spacial score (nSPS) is 18.7. The Labute approximate surface area is 236 Å². The number of aromatic nitrogens is 1.